The Morgan fingerprint density at radius 2 is 2.16 bits per heavy atom. The summed E-state index contributed by atoms with van der Waals surface area (Å²) in [6.07, 6.45) is 3.07. The Morgan fingerprint density at radius 1 is 1.32 bits per heavy atom. The van der Waals surface area contributed by atoms with Gasteiger partial charge < -0.3 is 9.73 Å². The van der Waals surface area contributed by atoms with Crippen LogP contribution < -0.4 is 5.32 Å². The molecule has 0 amide bonds. The molecule has 1 aromatic carbocycles. The number of nitrogens with zero attached hydrogens (tertiary/aromatic N) is 1. The summed E-state index contributed by atoms with van der Waals surface area (Å²) in [5, 5.41) is 3.06. The quantitative estimate of drug-likeness (QED) is 0.927. The van der Waals surface area contributed by atoms with Crippen LogP contribution in [0.15, 0.2) is 33.9 Å². The molecule has 2 aromatic rings. The van der Waals surface area contributed by atoms with Crippen molar-refractivity contribution in [2.24, 2.45) is 0 Å². The summed E-state index contributed by atoms with van der Waals surface area (Å²) >= 11 is 0. The number of benzene rings is 1. The van der Waals surface area contributed by atoms with E-state index >= 15 is 0 Å². The molecule has 1 aliphatic rings. The molecule has 19 heavy (non-hydrogen) atoms. The van der Waals surface area contributed by atoms with Crippen molar-refractivity contribution in [2.45, 2.75) is 30.5 Å². The second-order valence-corrected chi connectivity index (χ2v) is 6.79. The Hall–Kier alpha value is -1.40. The zero-order valence-corrected chi connectivity index (χ0v) is 11.3. The molecule has 0 bridgehead atoms. The van der Waals surface area contributed by atoms with Crippen LogP contribution in [0.1, 0.15) is 19.3 Å². The number of piperidine rings is 1. The van der Waals surface area contributed by atoms with E-state index in [0.29, 0.717) is 11.1 Å². The monoisotopic (exact) mass is 280 g/mol. The zero-order valence-electron chi connectivity index (χ0n) is 10.5. The molecule has 1 saturated heterocycles. The molecule has 1 N–H and O–H groups in total. The first-order chi connectivity index (χ1) is 9.15. The highest BCUT2D eigenvalue weighted by Crippen LogP contribution is 2.20. The van der Waals surface area contributed by atoms with Gasteiger partial charge in [-0.1, -0.05) is 18.6 Å². The van der Waals surface area contributed by atoms with Gasteiger partial charge in [-0.05, 0) is 31.5 Å². The first-order valence-corrected chi connectivity index (χ1v) is 8.12. The first kappa shape index (κ1) is 12.6. The van der Waals surface area contributed by atoms with Gasteiger partial charge in [0, 0.05) is 6.04 Å². The maximum atomic E-state index is 12.3. The van der Waals surface area contributed by atoms with Gasteiger partial charge in [0.2, 0.25) is 9.84 Å². The highest BCUT2D eigenvalue weighted by molar-refractivity contribution is 7.91. The minimum atomic E-state index is -3.46. The van der Waals surface area contributed by atoms with Crippen molar-refractivity contribution in [3.63, 3.8) is 0 Å². The fourth-order valence-corrected chi connectivity index (χ4v) is 3.80. The fraction of sp³-hybridized carbons (Fsp3) is 0.462. The average Bonchev–Trinajstić information content (AvgIpc) is 2.84. The van der Waals surface area contributed by atoms with E-state index in [2.05, 4.69) is 10.3 Å². The van der Waals surface area contributed by atoms with Crippen LogP contribution in [0.2, 0.25) is 0 Å². The number of hydrogen-bond donors (Lipinski definition) is 1. The van der Waals surface area contributed by atoms with Crippen molar-refractivity contribution < 1.29 is 12.8 Å². The molecule has 0 aliphatic carbocycles. The van der Waals surface area contributed by atoms with Crippen LogP contribution in [0.3, 0.4) is 0 Å². The van der Waals surface area contributed by atoms with E-state index in [4.69, 9.17) is 4.42 Å². The molecule has 0 spiro atoms. The summed E-state index contributed by atoms with van der Waals surface area (Å²) in [7, 11) is -3.46. The molecule has 1 aromatic heterocycles. The van der Waals surface area contributed by atoms with Crippen LogP contribution in [0.5, 0.6) is 0 Å². The minimum absolute atomic E-state index is 0.00811. The molecule has 102 valence electrons. The predicted octanol–water partition coefficient (Wildman–Crippen LogP) is 1.74. The van der Waals surface area contributed by atoms with Gasteiger partial charge in [0.25, 0.3) is 0 Å². The highest BCUT2D eigenvalue weighted by atomic mass is 32.2. The molecule has 2 heterocycles. The van der Waals surface area contributed by atoms with Crippen molar-refractivity contribution in [2.75, 3.05) is 12.3 Å². The summed E-state index contributed by atoms with van der Waals surface area (Å²) in [5.74, 6) is 0.0554. The first-order valence-electron chi connectivity index (χ1n) is 6.47. The molecule has 6 heteroatoms. The topological polar surface area (TPSA) is 72.2 Å². The average molecular weight is 280 g/mol. The number of fused-ring (bicyclic) bond motifs is 1. The molecule has 0 saturated carbocycles. The van der Waals surface area contributed by atoms with Gasteiger partial charge in [-0.15, -0.1) is 0 Å². The fourth-order valence-electron chi connectivity index (χ4n) is 2.39. The van der Waals surface area contributed by atoms with Crippen molar-refractivity contribution in [3.8, 4) is 0 Å². The second kappa shape index (κ2) is 4.94. The number of sulfone groups is 1. The van der Waals surface area contributed by atoms with E-state index in [1.54, 1.807) is 18.2 Å². The number of rotatable bonds is 3. The molecule has 1 aliphatic heterocycles. The minimum Gasteiger partial charge on any atom is -0.428 e. The third-order valence-electron chi connectivity index (χ3n) is 3.37. The normalized spacial score (nSPS) is 20.7. The Labute approximate surface area is 111 Å². The number of hydrogen-bond acceptors (Lipinski definition) is 5. The highest BCUT2D eigenvalue weighted by Gasteiger charge is 2.27. The number of oxazole rings is 1. The second-order valence-electron chi connectivity index (χ2n) is 4.88. The lowest BCUT2D eigenvalue weighted by molar-refractivity contribution is 0.414. The van der Waals surface area contributed by atoms with Crippen molar-refractivity contribution in [1.29, 1.82) is 0 Å². The SMILES string of the molecule is O=S(=O)(C[C@H]1CCCCN1)c1nc2ccccc2o1. The van der Waals surface area contributed by atoms with Crippen molar-refractivity contribution in [1.82, 2.24) is 10.3 Å². The maximum Gasteiger partial charge on any atom is 0.316 e. The summed E-state index contributed by atoms with van der Waals surface area (Å²) in [6, 6.07) is 7.08. The van der Waals surface area contributed by atoms with E-state index in [0.717, 1.165) is 25.8 Å². The van der Waals surface area contributed by atoms with Gasteiger partial charge in [-0.2, -0.15) is 4.98 Å². The van der Waals surface area contributed by atoms with Crippen LogP contribution in [-0.4, -0.2) is 31.7 Å². The Kier molecular flexibility index (Phi) is 3.28. The standard InChI is InChI=1S/C13H16N2O3S/c16-19(17,9-10-5-3-4-8-14-10)13-15-11-6-1-2-7-12(11)18-13/h1-2,6-7,10,14H,3-5,8-9H2/t10-/m1/s1. The lowest BCUT2D eigenvalue weighted by atomic mass is 10.1. The summed E-state index contributed by atoms with van der Waals surface area (Å²) < 4.78 is 29.9. The third kappa shape index (κ3) is 2.64. The molecule has 5 nitrogen and oxygen atoms in total. The van der Waals surface area contributed by atoms with E-state index in [9.17, 15) is 8.42 Å². The number of aromatic nitrogens is 1. The van der Waals surface area contributed by atoms with Crippen molar-refractivity contribution >= 4 is 20.9 Å². The predicted molar refractivity (Wildman–Crippen MR) is 71.7 cm³/mol. The van der Waals surface area contributed by atoms with Crippen LogP contribution >= 0.6 is 0 Å². The molecule has 1 fully saturated rings. The van der Waals surface area contributed by atoms with Crippen LogP contribution in [0.25, 0.3) is 11.1 Å². The molecular weight excluding hydrogens is 264 g/mol. The Balaban J connectivity index is 1.86. The van der Waals surface area contributed by atoms with Gasteiger partial charge >= 0.3 is 5.22 Å². The molecule has 0 radical (unpaired) electrons. The van der Waals surface area contributed by atoms with Crippen LogP contribution in [-0.2, 0) is 9.84 Å². The largest absolute Gasteiger partial charge is 0.428 e. The van der Waals surface area contributed by atoms with E-state index < -0.39 is 9.84 Å². The summed E-state index contributed by atoms with van der Waals surface area (Å²) in [6.45, 7) is 0.883. The number of para-hydroxylation sites is 2. The molecular formula is C13H16N2O3S. The molecule has 0 unspecified atom stereocenters. The number of nitrogens with one attached hydrogen (secondary N) is 1. The van der Waals surface area contributed by atoms with Gasteiger partial charge in [0.1, 0.15) is 5.52 Å². The van der Waals surface area contributed by atoms with Crippen LogP contribution in [0.4, 0.5) is 0 Å². The van der Waals surface area contributed by atoms with Gasteiger partial charge in [0.05, 0.1) is 5.75 Å². The van der Waals surface area contributed by atoms with E-state index in [1.807, 2.05) is 6.07 Å². The van der Waals surface area contributed by atoms with Gasteiger partial charge in [0.15, 0.2) is 5.58 Å². The van der Waals surface area contributed by atoms with E-state index in [-0.39, 0.29) is 17.0 Å². The Morgan fingerprint density at radius 3 is 2.89 bits per heavy atom. The summed E-state index contributed by atoms with van der Waals surface area (Å²) in [4.78, 5) is 4.07. The van der Waals surface area contributed by atoms with Crippen LogP contribution in [0, 0.1) is 0 Å². The van der Waals surface area contributed by atoms with E-state index in [1.165, 1.54) is 0 Å². The maximum absolute atomic E-state index is 12.3. The molecule has 3 rings (SSSR count). The summed E-state index contributed by atoms with van der Waals surface area (Å²) in [5.41, 5.74) is 1.09. The molecule has 1 atom stereocenters. The zero-order chi connectivity index (χ0) is 13.3. The smallest absolute Gasteiger partial charge is 0.316 e. The lowest BCUT2D eigenvalue weighted by Crippen LogP contribution is -2.39. The Bertz CT molecular complexity index is 639. The lowest BCUT2D eigenvalue weighted by Gasteiger charge is -2.22. The van der Waals surface area contributed by atoms with Gasteiger partial charge in [-0.3, -0.25) is 0 Å². The van der Waals surface area contributed by atoms with Gasteiger partial charge in [-0.25, -0.2) is 8.42 Å². The third-order valence-corrected chi connectivity index (χ3v) is 4.92. The van der Waals surface area contributed by atoms with Crippen molar-refractivity contribution in [3.05, 3.63) is 24.3 Å².